The Balaban J connectivity index is 0.00000225. The highest BCUT2D eigenvalue weighted by molar-refractivity contribution is 5.95. The highest BCUT2D eigenvalue weighted by atomic mass is 35.5. The van der Waals surface area contributed by atoms with Gasteiger partial charge in [0, 0.05) is 19.2 Å². The SMILES string of the molecule is Cc1cccc(-c2cccc(C(=O)N(C)CC3CCCNC3)c2)c1.Cl. The molecule has 4 heteroatoms. The first-order chi connectivity index (χ1) is 11.6. The van der Waals surface area contributed by atoms with Crippen molar-refractivity contribution < 1.29 is 4.79 Å². The van der Waals surface area contributed by atoms with Gasteiger partial charge in [0.05, 0.1) is 0 Å². The van der Waals surface area contributed by atoms with Crippen molar-refractivity contribution in [1.29, 1.82) is 0 Å². The number of nitrogens with one attached hydrogen (secondary N) is 1. The topological polar surface area (TPSA) is 32.3 Å². The Hall–Kier alpha value is -1.84. The molecule has 1 aliphatic heterocycles. The molecule has 0 aliphatic carbocycles. The van der Waals surface area contributed by atoms with Crippen molar-refractivity contribution in [2.45, 2.75) is 19.8 Å². The summed E-state index contributed by atoms with van der Waals surface area (Å²) in [4.78, 5) is 14.6. The summed E-state index contributed by atoms with van der Waals surface area (Å²) in [5, 5.41) is 3.42. The van der Waals surface area contributed by atoms with Crippen LogP contribution in [-0.2, 0) is 0 Å². The summed E-state index contributed by atoms with van der Waals surface area (Å²) in [7, 11) is 1.91. The molecule has 1 amide bonds. The lowest BCUT2D eigenvalue weighted by atomic mass is 9.98. The fourth-order valence-corrected chi connectivity index (χ4v) is 3.43. The van der Waals surface area contributed by atoms with Crippen molar-refractivity contribution in [3.63, 3.8) is 0 Å². The third-order valence-electron chi connectivity index (χ3n) is 4.74. The Morgan fingerprint density at radius 3 is 2.56 bits per heavy atom. The molecule has 1 heterocycles. The summed E-state index contributed by atoms with van der Waals surface area (Å²) in [5.74, 6) is 0.669. The second kappa shape index (κ2) is 9.02. The number of hydrogen-bond donors (Lipinski definition) is 1. The first kappa shape index (κ1) is 19.5. The Kier molecular flexibility index (Phi) is 7.03. The summed E-state index contributed by atoms with van der Waals surface area (Å²) in [6.07, 6.45) is 2.41. The van der Waals surface area contributed by atoms with Gasteiger partial charge in [0.2, 0.25) is 0 Å². The van der Waals surface area contributed by atoms with E-state index in [-0.39, 0.29) is 18.3 Å². The highest BCUT2D eigenvalue weighted by Crippen LogP contribution is 2.22. The maximum absolute atomic E-state index is 12.8. The van der Waals surface area contributed by atoms with E-state index in [0.29, 0.717) is 5.92 Å². The Morgan fingerprint density at radius 1 is 1.16 bits per heavy atom. The molecule has 3 rings (SSSR count). The number of rotatable bonds is 4. The van der Waals surface area contributed by atoms with E-state index >= 15 is 0 Å². The summed E-state index contributed by atoms with van der Waals surface area (Å²) in [6.45, 7) is 5.03. The number of benzene rings is 2. The van der Waals surface area contributed by atoms with Crippen molar-refractivity contribution in [3.8, 4) is 11.1 Å². The molecule has 134 valence electrons. The molecule has 1 aliphatic rings. The molecule has 1 unspecified atom stereocenters. The number of amides is 1. The molecule has 2 aromatic rings. The van der Waals surface area contributed by atoms with Gasteiger partial charge < -0.3 is 10.2 Å². The first-order valence-corrected chi connectivity index (χ1v) is 8.77. The van der Waals surface area contributed by atoms with Crippen LogP contribution in [0.5, 0.6) is 0 Å². The summed E-state index contributed by atoms with van der Waals surface area (Å²) in [5.41, 5.74) is 4.24. The molecule has 0 radical (unpaired) electrons. The van der Waals surface area contributed by atoms with Gasteiger partial charge in [-0.15, -0.1) is 12.4 Å². The molecule has 0 aromatic heterocycles. The fraction of sp³-hybridized carbons (Fsp3) is 0.381. The van der Waals surface area contributed by atoms with Crippen molar-refractivity contribution in [2.75, 3.05) is 26.7 Å². The quantitative estimate of drug-likeness (QED) is 0.890. The minimum absolute atomic E-state index is 0. The van der Waals surface area contributed by atoms with E-state index in [1.165, 1.54) is 18.4 Å². The molecule has 1 N–H and O–H groups in total. The Morgan fingerprint density at radius 2 is 1.88 bits per heavy atom. The number of carbonyl (C=O) groups excluding carboxylic acids is 1. The predicted octanol–water partition coefficient (Wildman–Crippen LogP) is 4.16. The highest BCUT2D eigenvalue weighted by Gasteiger charge is 2.19. The third kappa shape index (κ3) is 5.07. The number of aryl methyl sites for hydroxylation is 1. The van der Waals surface area contributed by atoms with Crippen LogP contribution in [0.4, 0.5) is 0 Å². The second-order valence-corrected chi connectivity index (χ2v) is 6.85. The van der Waals surface area contributed by atoms with Gasteiger partial charge in [0.15, 0.2) is 0 Å². The minimum atomic E-state index is 0. The van der Waals surface area contributed by atoms with E-state index in [4.69, 9.17) is 0 Å². The van der Waals surface area contributed by atoms with Crippen molar-refractivity contribution in [3.05, 3.63) is 59.7 Å². The monoisotopic (exact) mass is 358 g/mol. The van der Waals surface area contributed by atoms with Crippen LogP contribution < -0.4 is 5.32 Å². The smallest absolute Gasteiger partial charge is 0.253 e. The van der Waals surface area contributed by atoms with Crippen LogP contribution in [0.1, 0.15) is 28.8 Å². The zero-order valence-corrected chi connectivity index (χ0v) is 15.8. The summed E-state index contributed by atoms with van der Waals surface area (Å²) in [6, 6.07) is 16.3. The van der Waals surface area contributed by atoms with Crippen molar-refractivity contribution >= 4 is 18.3 Å². The van der Waals surface area contributed by atoms with Gasteiger partial charge in [-0.1, -0.05) is 42.0 Å². The van der Waals surface area contributed by atoms with Crippen LogP contribution in [0, 0.1) is 12.8 Å². The molecule has 1 saturated heterocycles. The van der Waals surface area contributed by atoms with Crippen LogP contribution in [0.25, 0.3) is 11.1 Å². The molecule has 0 bridgehead atoms. The average Bonchev–Trinajstić information content (AvgIpc) is 2.62. The van der Waals surface area contributed by atoms with Crippen LogP contribution in [-0.4, -0.2) is 37.5 Å². The maximum atomic E-state index is 12.8. The van der Waals surface area contributed by atoms with Gasteiger partial charge in [0.25, 0.3) is 5.91 Å². The van der Waals surface area contributed by atoms with Crippen molar-refractivity contribution in [1.82, 2.24) is 10.2 Å². The van der Waals surface area contributed by atoms with Gasteiger partial charge in [0.1, 0.15) is 0 Å². The van der Waals surface area contributed by atoms with E-state index in [1.54, 1.807) is 0 Å². The van der Waals surface area contributed by atoms with Crippen LogP contribution in [0.15, 0.2) is 48.5 Å². The normalized spacial score (nSPS) is 16.8. The molecule has 1 atom stereocenters. The maximum Gasteiger partial charge on any atom is 0.253 e. The number of carbonyl (C=O) groups is 1. The van der Waals surface area contributed by atoms with E-state index in [9.17, 15) is 4.79 Å². The number of hydrogen-bond acceptors (Lipinski definition) is 2. The molecule has 1 fully saturated rings. The lowest BCUT2D eigenvalue weighted by Gasteiger charge is -2.27. The number of nitrogens with zero attached hydrogens (tertiary/aromatic N) is 1. The number of piperidine rings is 1. The van der Waals surface area contributed by atoms with Crippen molar-refractivity contribution in [2.24, 2.45) is 5.92 Å². The van der Waals surface area contributed by atoms with Crippen LogP contribution in [0.2, 0.25) is 0 Å². The molecule has 3 nitrogen and oxygen atoms in total. The van der Waals surface area contributed by atoms with E-state index in [0.717, 1.165) is 36.3 Å². The lowest BCUT2D eigenvalue weighted by Crippen LogP contribution is -2.39. The molecule has 0 spiro atoms. The molecule has 2 aromatic carbocycles. The minimum Gasteiger partial charge on any atom is -0.341 e. The molecular weight excluding hydrogens is 332 g/mol. The van der Waals surface area contributed by atoms with Gasteiger partial charge in [-0.25, -0.2) is 0 Å². The molecule has 25 heavy (non-hydrogen) atoms. The zero-order valence-electron chi connectivity index (χ0n) is 15.0. The van der Waals surface area contributed by atoms with E-state index < -0.39 is 0 Å². The summed E-state index contributed by atoms with van der Waals surface area (Å²) >= 11 is 0. The first-order valence-electron chi connectivity index (χ1n) is 8.77. The van der Waals surface area contributed by atoms with Crippen LogP contribution in [0.3, 0.4) is 0 Å². The fourth-order valence-electron chi connectivity index (χ4n) is 3.43. The van der Waals surface area contributed by atoms with Gasteiger partial charge in [-0.2, -0.15) is 0 Å². The molecular formula is C21H27ClN2O. The average molecular weight is 359 g/mol. The lowest BCUT2D eigenvalue weighted by molar-refractivity contribution is 0.0765. The van der Waals surface area contributed by atoms with Gasteiger partial charge >= 0.3 is 0 Å². The van der Waals surface area contributed by atoms with E-state index in [1.807, 2.05) is 30.1 Å². The zero-order chi connectivity index (χ0) is 16.9. The van der Waals surface area contributed by atoms with E-state index in [2.05, 4.69) is 42.6 Å². The second-order valence-electron chi connectivity index (χ2n) is 6.85. The van der Waals surface area contributed by atoms with Gasteiger partial charge in [-0.05, 0) is 62.0 Å². The Labute approximate surface area is 156 Å². The van der Waals surface area contributed by atoms with Gasteiger partial charge in [-0.3, -0.25) is 4.79 Å². The number of halogens is 1. The third-order valence-corrected chi connectivity index (χ3v) is 4.74. The predicted molar refractivity (Wildman–Crippen MR) is 106 cm³/mol. The Bertz CT molecular complexity index is 711. The molecule has 0 saturated carbocycles. The summed E-state index contributed by atoms with van der Waals surface area (Å²) < 4.78 is 0. The standard InChI is InChI=1S/C21H26N2O.ClH/c1-16-6-3-8-18(12-16)19-9-4-10-20(13-19)21(24)23(2)15-17-7-5-11-22-14-17;/h3-4,6,8-10,12-13,17,22H,5,7,11,14-15H2,1-2H3;1H. The largest absolute Gasteiger partial charge is 0.341 e. The van der Waals surface area contributed by atoms with Crippen LogP contribution >= 0.6 is 12.4 Å².